The van der Waals surface area contributed by atoms with E-state index in [1.807, 2.05) is 0 Å². The monoisotopic (exact) mass is 406 g/mol. The number of unbranched alkanes of at least 4 members (excludes halogenated alkanes) is 1. The Balaban J connectivity index is 0.000000176. The smallest absolute Gasteiger partial charge is 0.0146 e. The first kappa shape index (κ1) is 22.6. The Hall–Kier alpha value is -3.12. The lowest BCUT2D eigenvalue weighted by molar-refractivity contribution is 0.641. The first-order valence-electron chi connectivity index (χ1n) is 11.3. The molecule has 0 N–H and O–H groups in total. The van der Waals surface area contributed by atoms with E-state index in [0.29, 0.717) is 0 Å². The minimum Gasteiger partial charge on any atom is -0.0622 e. The molecule has 0 spiro atoms. The van der Waals surface area contributed by atoms with E-state index in [0.717, 1.165) is 0 Å². The minimum absolute atomic E-state index is 0.0858. The zero-order valence-electron chi connectivity index (χ0n) is 18.9. The SMILES string of the molecule is CC(C)(c1ccccc1)c1ccccc1.c1ccc(CCCCc2ccccc2)cc1. The van der Waals surface area contributed by atoms with E-state index in [1.54, 1.807) is 0 Å². The maximum Gasteiger partial charge on any atom is 0.0146 e. The van der Waals surface area contributed by atoms with Crippen molar-refractivity contribution in [2.24, 2.45) is 0 Å². The highest BCUT2D eigenvalue weighted by Gasteiger charge is 2.21. The van der Waals surface area contributed by atoms with E-state index in [2.05, 4.69) is 135 Å². The summed E-state index contributed by atoms with van der Waals surface area (Å²) in [6.07, 6.45) is 4.96. The van der Waals surface area contributed by atoms with Gasteiger partial charge in [0.15, 0.2) is 0 Å². The van der Waals surface area contributed by atoms with Crippen molar-refractivity contribution in [1.29, 1.82) is 0 Å². The summed E-state index contributed by atoms with van der Waals surface area (Å²) >= 11 is 0. The lowest BCUT2D eigenvalue weighted by Crippen LogP contribution is -2.18. The van der Waals surface area contributed by atoms with Crippen molar-refractivity contribution >= 4 is 0 Å². The van der Waals surface area contributed by atoms with Crippen LogP contribution in [0.2, 0.25) is 0 Å². The van der Waals surface area contributed by atoms with Crippen LogP contribution >= 0.6 is 0 Å². The Kier molecular flexibility index (Phi) is 8.67. The van der Waals surface area contributed by atoms with Gasteiger partial charge in [-0.15, -0.1) is 0 Å². The van der Waals surface area contributed by atoms with E-state index in [4.69, 9.17) is 0 Å². The summed E-state index contributed by atoms with van der Waals surface area (Å²) < 4.78 is 0. The molecule has 31 heavy (non-hydrogen) atoms. The third-order valence-electron chi connectivity index (χ3n) is 5.86. The van der Waals surface area contributed by atoms with Gasteiger partial charge in [-0.05, 0) is 47.9 Å². The van der Waals surface area contributed by atoms with E-state index in [1.165, 1.54) is 47.9 Å². The quantitative estimate of drug-likeness (QED) is 0.271. The van der Waals surface area contributed by atoms with Crippen LogP contribution in [0.4, 0.5) is 0 Å². The number of hydrogen-bond acceptors (Lipinski definition) is 0. The first-order chi connectivity index (χ1) is 15.2. The predicted octanol–water partition coefficient (Wildman–Crippen LogP) is 8.26. The molecule has 0 aliphatic rings. The summed E-state index contributed by atoms with van der Waals surface area (Å²) in [5, 5.41) is 0. The highest BCUT2D eigenvalue weighted by molar-refractivity contribution is 5.36. The summed E-state index contributed by atoms with van der Waals surface area (Å²) in [5.74, 6) is 0. The van der Waals surface area contributed by atoms with Gasteiger partial charge in [-0.1, -0.05) is 135 Å². The van der Waals surface area contributed by atoms with Crippen LogP contribution in [0.5, 0.6) is 0 Å². The van der Waals surface area contributed by atoms with Crippen molar-refractivity contribution in [1.82, 2.24) is 0 Å². The predicted molar refractivity (Wildman–Crippen MR) is 135 cm³/mol. The summed E-state index contributed by atoms with van der Waals surface area (Å²) in [5.41, 5.74) is 5.71. The van der Waals surface area contributed by atoms with Gasteiger partial charge in [-0.3, -0.25) is 0 Å². The summed E-state index contributed by atoms with van der Waals surface area (Å²) in [6.45, 7) is 4.52. The second-order valence-corrected chi connectivity index (χ2v) is 8.54. The van der Waals surface area contributed by atoms with Crippen LogP contribution < -0.4 is 0 Å². The van der Waals surface area contributed by atoms with Gasteiger partial charge in [-0.25, -0.2) is 0 Å². The fourth-order valence-electron chi connectivity index (χ4n) is 3.82. The van der Waals surface area contributed by atoms with Crippen LogP contribution in [0.3, 0.4) is 0 Å². The highest BCUT2D eigenvalue weighted by atomic mass is 14.2. The molecule has 0 radical (unpaired) electrons. The molecule has 0 atom stereocenters. The highest BCUT2D eigenvalue weighted by Crippen LogP contribution is 2.30. The normalized spacial score (nSPS) is 10.8. The molecule has 0 aliphatic heterocycles. The molecule has 4 aromatic carbocycles. The van der Waals surface area contributed by atoms with E-state index < -0.39 is 0 Å². The molecule has 0 nitrogen and oxygen atoms in total. The van der Waals surface area contributed by atoms with Gasteiger partial charge < -0.3 is 0 Å². The molecular weight excluding hydrogens is 372 g/mol. The number of rotatable bonds is 7. The molecule has 0 heterocycles. The Morgan fingerprint density at radius 1 is 0.419 bits per heavy atom. The Labute approximate surface area is 188 Å². The minimum atomic E-state index is 0.0858. The average molecular weight is 407 g/mol. The molecule has 0 fully saturated rings. The summed E-state index contributed by atoms with van der Waals surface area (Å²) in [7, 11) is 0. The molecule has 4 aromatic rings. The number of hydrogen-bond donors (Lipinski definition) is 0. The molecule has 4 rings (SSSR count). The number of aryl methyl sites for hydroxylation is 2. The van der Waals surface area contributed by atoms with Gasteiger partial charge >= 0.3 is 0 Å². The van der Waals surface area contributed by atoms with Crippen LogP contribution in [0.15, 0.2) is 121 Å². The van der Waals surface area contributed by atoms with Crippen LogP contribution in [-0.2, 0) is 18.3 Å². The van der Waals surface area contributed by atoms with Gasteiger partial charge in [0.25, 0.3) is 0 Å². The van der Waals surface area contributed by atoms with Crippen molar-refractivity contribution in [2.75, 3.05) is 0 Å². The fraction of sp³-hybridized carbons (Fsp3) is 0.226. The molecule has 0 amide bonds. The van der Waals surface area contributed by atoms with Crippen LogP contribution in [0.1, 0.15) is 48.9 Å². The Morgan fingerprint density at radius 3 is 1.03 bits per heavy atom. The Morgan fingerprint density at radius 2 is 0.710 bits per heavy atom. The molecule has 0 saturated carbocycles. The van der Waals surface area contributed by atoms with Gasteiger partial charge in [0, 0.05) is 5.41 Å². The van der Waals surface area contributed by atoms with Crippen molar-refractivity contribution in [3.63, 3.8) is 0 Å². The molecule has 0 aliphatic carbocycles. The lowest BCUT2D eigenvalue weighted by Gasteiger charge is -2.25. The summed E-state index contributed by atoms with van der Waals surface area (Å²) in [4.78, 5) is 0. The molecule has 0 aromatic heterocycles. The second-order valence-electron chi connectivity index (χ2n) is 8.54. The van der Waals surface area contributed by atoms with Gasteiger partial charge in [0.2, 0.25) is 0 Å². The molecule has 158 valence electrons. The van der Waals surface area contributed by atoms with Gasteiger partial charge in [0.05, 0.1) is 0 Å². The molecular formula is C31H34. The summed E-state index contributed by atoms with van der Waals surface area (Å²) in [6, 6.07) is 42.7. The van der Waals surface area contributed by atoms with Gasteiger partial charge in [0.1, 0.15) is 0 Å². The van der Waals surface area contributed by atoms with Crippen molar-refractivity contribution in [2.45, 2.75) is 44.9 Å². The first-order valence-corrected chi connectivity index (χ1v) is 11.3. The zero-order valence-corrected chi connectivity index (χ0v) is 18.9. The fourth-order valence-corrected chi connectivity index (χ4v) is 3.82. The topological polar surface area (TPSA) is 0 Å². The lowest BCUT2D eigenvalue weighted by atomic mass is 9.78. The molecule has 0 heteroatoms. The molecule has 0 bridgehead atoms. The maximum atomic E-state index is 2.26. The zero-order chi connectivity index (χ0) is 21.8. The van der Waals surface area contributed by atoms with E-state index >= 15 is 0 Å². The molecule has 0 saturated heterocycles. The van der Waals surface area contributed by atoms with Crippen molar-refractivity contribution < 1.29 is 0 Å². The average Bonchev–Trinajstić information content (AvgIpc) is 2.85. The third kappa shape index (κ3) is 7.26. The van der Waals surface area contributed by atoms with E-state index in [9.17, 15) is 0 Å². The van der Waals surface area contributed by atoms with E-state index in [-0.39, 0.29) is 5.41 Å². The molecule has 0 unspecified atom stereocenters. The van der Waals surface area contributed by atoms with Crippen LogP contribution in [0.25, 0.3) is 0 Å². The third-order valence-corrected chi connectivity index (χ3v) is 5.86. The van der Waals surface area contributed by atoms with Gasteiger partial charge in [-0.2, -0.15) is 0 Å². The largest absolute Gasteiger partial charge is 0.0622 e. The standard InChI is InChI=1S/C16H18.C15H16/c1-3-9-15(10-4-1)13-7-8-14-16-11-5-2-6-12-16;1-15(2,13-9-5-3-6-10-13)14-11-7-4-8-12-14/h1-6,9-12H,7-8,13-14H2;3-12H,1-2H3. The van der Waals surface area contributed by atoms with Crippen LogP contribution in [-0.4, -0.2) is 0 Å². The van der Waals surface area contributed by atoms with Crippen molar-refractivity contribution in [3.8, 4) is 0 Å². The van der Waals surface area contributed by atoms with Crippen LogP contribution in [0, 0.1) is 0 Å². The second kappa shape index (κ2) is 11.9. The Bertz CT molecular complexity index is 888. The number of benzene rings is 4. The van der Waals surface area contributed by atoms with Crippen molar-refractivity contribution in [3.05, 3.63) is 144 Å². The maximum absolute atomic E-state index is 2.26.